The third-order valence-corrected chi connectivity index (χ3v) is 2.75. The number of aliphatic carboxylic acids is 1. The second kappa shape index (κ2) is 7.69. The van der Waals surface area contributed by atoms with Crippen molar-refractivity contribution in [2.45, 2.75) is 6.92 Å². The molecule has 0 fully saturated rings. The highest BCUT2D eigenvalue weighted by Gasteiger charge is 2.19. The fraction of sp³-hybridized carbons (Fsp3) is 0.125. The predicted octanol–water partition coefficient (Wildman–Crippen LogP) is 2.81. The quantitative estimate of drug-likeness (QED) is 0.555. The lowest BCUT2D eigenvalue weighted by Crippen LogP contribution is -2.19. The summed E-state index contributed by atoms with van der Waals surface area (Å²) >= 11 is 0. The summed E-state index contributed by atoms with van der Waals surface area (Å²) in [5, 5.41) is 14.8. The molecule has 0 saturated carbocycles. The first-order chi connectivity index (χ1) is 10.0. The summed E-state index contributed by atoms with van der Waals surface area (Å²) in [7, 11) is 1.77. The number of hydrogen-bond acceptors (Lipinski definition) is 3. The number of allylic oxidation sites excluding steroid dienone is 3. The van der Waals surface area contributed by atoms with Crippen LogP contribution in [-0.4, -0.2) is 24.0 Å². The zero-order chi connectivity index (χ0) is 15.8. The van der Waals surface area contributed by atoms with Crippen molar-refractivity contribution in [3.63, 3.8) is 0 Å². The minimum absolute atomic E-state index is 0.0508. The van der Waals surface area contributed by atoms with E-state index in [-0.39, 0.29) is 11.1 Å². The van der Waals surface area contributed by atoms with Gasteiger partial charge in [-0.05, 0) is 31.2 Å². The molecule has 0 aliphatic carbocycles. The van der Waals surface area contributed by atoms with E-state index in [2.05, 4.69) is 17.2 Å². The zero-order valence-corrected chi connectivity index (χ0v) is 12.0. The van der Waals surface area contributed by atoms with Gasteiger partial charge in [0.1, 0.15) is 0 Å². The summed E-state index contributed by atoms with van der Waals surface area (Å²) in [6.07, 6.45) is 4.13. The smallest absolute Gasteiger partial charge is 0.336 e. The summed E-state index contributed by atoms with van der Waals surface area (Å²) in [6, 6.07) is 7.11. The second-order valence-electron chi connectivity index (χ2n) is 4.11. The summed E-state index contributed by atoms with van der Waals surface area (Å²) < 4.78 is 0. The maximum absolute atomic E-state index is 12.3. The highest BCUT2D eigenvalue weighted by molar-refractivity contribution is 6.14. The molecule has 1 aromatic carbocycles. The van der Waals surface area contributed by atoms with Gasteiger partial charge < -0.3 is 15.7 Å². The van der Waals surface area contributed by atoms with Crippen molar-refractivity contribution in [1.29, 1.82) is 0 Å². The lowest BCUT2D eigenvalue weighted by Gasteiger charge is -2.10. The van der Waals surface area contributed by atoms with Crippen molar-refractivity contribution in [2.75, 3.05) is 17.7 Å². The van der Waals surface area contributed by atoms with Crippen LogP contribution in [0.5, 0.6) is 0 Å². The number of rotatable bonds is 6. The molecule has 5 heteroatoms. The summed E-state index contributed by atoms with van der Waals surface area (Å²) in [5.74, 6) is -1.66. The number of carbonyl (C=O) groups is 2. The molecular weight excluding hydrogens is 268 g/mol. The predicted molar refractivity (Wildman–Crippen MR) is 84.3 cm³/mol. The van der Waals surface area contributed by atoms with Crippen molar-refractivity contribution in [2.24, 2.45) is 0 Å². The number of nitrogens with one attached hydrogen (secondary N) is 2. The van der Waals surface area contributed by atoms with Gasteiger partial charge in [0.25, 0.3) is 5.91 Å². The van der Waals surface area contributed by atoms with Gasteiger partial charge in [0, 0.05) is 18.4 Å². The van der Waals surface area contributed by atoms with Crippen LogP contribution in [0.2, 0.25) is 0 Å². The molecule has 1 rings (SSSR count). The van der Waals surface area contributed by atoms with Crippen LogP contribution in [0.4, 0.5) is 11.4 Å². The largest absolute Gasteiger partial charge is 0.478 e. The van der Waals surface area contributed by atoms with Gasteiger partial charge in [-0.15, -0.1) is 0 Å². The first kappa shape index (κ1) is 16.2. The number of amides is 1. The molecule has 110 valence electrons. The number of carboxylic acids is 1. The molecule has 21 heavy (non-hydrogen) atoms. The Kier molecular flexibility index (Phi) is 5.95. The monoisotopic (exact) mass is 286 g/mol. The molecule has 0 saturated heterocycles. The Morgan fingerprint density at radius 2 is 1.90 bits per heavy atom. The molecule has 0 aliphatic heterocycles. The van der Waals surface area contributed by atoms with E-state index in [1.165, 1.54) is 18.2 Å². The van der Waals surface area contributed by atoms with Crippen LogP contribution < -0.4 is 10.6 Å². The first-order valence-electron chi connectivity index (χ1n) is 6.35. The average molecular weight is 286 g/mol. The van der Waals surface area contributed by atoms with E-state index in [1.807, 2.05) is 6.07 Å². The highest BCUT2D eigenvalue weighted by Crippen LogP contribution is 2.18. The van der Waals surface area contributed by atoms with Crippen molar-refractivity contribution >= 4 is 23.3 Å². The topological polar surface area (TPSA) is 78.4 Å². The Morgan fingerprint density at radius 3 is 2.43 bits per heavy atom. The molecule has 3 N–H and O–H groups in total. The summed E-state index contributed by atoms with van der Waals surface area (Å²) in [5.41, 5.74) is 1.39. The van der Waals surface area contributed by atoms with Crippen LogP contribution in [0.25, 0.3) is 0 Å². The molecule has 0 atom stereocenters. The molecule has 0 unspecified atom stereocenters. The standard InChI is InChI=1S/C16H18N2O3/c1-4-7-14(13(5-2)16(20)21)15(19)18-12-9-6-8-11(10-12)17-3/h4-10,17H,1H2,2-3H3,(H,18,19)(H,20,21)/b13-5+,14-7+. The van der Waals surface area contributed by atoms with Gasteiger partial charge >= 0.3 is 5.97 Å². The van der Waals surface area contributed by atoms with Gasteiger partial charge in [-0.3, -0.25) is 4.79 Å². The van der Waals surface area contributed by atoms with E-state index in [1.54, 1.807) is 32.2 Å². The lowest BCUT2D eigenvalue weighted by molar-refractivity contribution is -0.132. The van der Waals surface area contributed by atoms with Gasteiger partial charge in [0.2, 0.25) is 0 Å². The van der Waals surface area contributed by atoms with E-state index >= 15 is 0 Å². The van der Waals surface area contributed by atoms with Crippen LogP contribution in [0.15, 0.2) is 60.2 Å². The van der Waals surface area contributed by atoms with Gasteiger partial charge in [-0.1, -0.05) is 24.8 Å². The molecule has 0 radical (unpaired) electrons. The van der Waals surface area contributed by atoms with Crippen LogP contribution >= 0.6 is 0 Å². The van der Waals surface area contributed by atoms with Crippen molar-refractivity contribution in [3.05, 3.63) is 60.2 Å². The fourth-order valence-corrected chi connectivity index (χ4v) is 1.75. The van der Waals surface area contributed by atoms with Crippen molar-refractivity contribution < 1.29 is 14.7 Å². The molecule has 0 spiro atoms. The molecule has 1 amide bonds. The normalized spacial score (nSPS) is 11.7. The van der Waals surface area contributed by atoms with E-state index in [4.69, 9.17) is 5.11 Å². The summed E-state index contributed by atoms with van der Waals surface area (Å²) in [6.45, 7) is 5.07. The molecule has 0 aromatic heterocycles. The molecule has 0 bridgehead atoms. The van der Waals surface area contributed by atoms with E-state index in [0.29, 0.717) is 5.69 Å². The number of hydrogen-bond donors (Lipinski definition) is 3. The van der Waals surface area contributed by atoms with Gasteiger partial charge in [0.05, 0.1) is 11.1 Å². The van der Waals surface area contributed by atoms with Crippen LogP contribution in [-0.2, 0) is 9.59 Å². The molecule has 1 aromatic rings. The van der Waals surface area contributed by atoms with E-state index in [0.717, 1.165) is 5.69 Å². The Hall–Kier alpha value is -2.82. The Morgan fingerprint density at radius 1 is 1.24 bits per heavy atom. The van der Waals surface area contributed by atoms with Gasteiger partial charge in [-0.2, -0.15) is 0 Å². The average Bonchev–Trinajstić information content (AvgIpc) is 2.47. The zero-order valence-electron chi connectivity index (χ0n) is 12.0. The third-order valence-electron chi connectivity index (χ3n) is 2.75. The second-order valence-corrected chi connectivity index (χ2v) is 4.11. The Balaban J connectivity index is 3.05. The Labute approximate surface area is 123 Å². The lowest BCUT2D eigenvalue weighted by atomic mass is 10.0. The number of carbonyl (C=O) groups excluding carboxylic acids is 1. The fourth-order valence-electron chi connectivity index (χ4n) is 1.75. The molecule has 0 aliphatic rings. The van der Waals surface area contributed by atoms with Crippen LogP contribution in [0.1, 0.15) is 6.92 Å². The molecule has 0 heterocycles. The van der Waals surface area contributed by atoms with Gasteiger partial charge in [0.15, 0.2) is 0 Å². The maximum Gasteiger partial charge on any atom is 0.336 e. The van der Waals surface area contributed by atoms with E-state index in [9.17, 15) is 9.59 Å². The van der Waals surface area contributed by atoms with Crippen molar-refractivity contribution in [1.82, 2.24) is 0 Å². The minimum atomic E-state index is -1.16. The van der Waals surface area contributed by atoms with Crippen LogP contribution in [0.3, 0.4) is 0 Å². The highest BCUT2D eigenvalue weighted by atomic mass is 16.4. The number of carboxylic acid groups (broad SMARTS) is 1. The molecular formula is C16H18N2O3. The van der Waals surface area contributed by atoms with Crippen molar-refractivity contribution in [3.8, 4) is 0 Å². The molecule has 5 nitrogen and oxygen atoms in total. The summed E-state index contributed by atoms with van der Waals surface area (Å²) in [4.78, 5) is 23.4. The number of anilines is 2. The maximum atomic E-state index is 12.3. The third kappa shape index (κ3) is 4.35. The van der Waals surface area contributed by atoms with Crippen LogP contribution in [0, 0.1) is 0 Å². The SMILES string of the molecule is C=C/C=C(C(=O)Nc1cccc(NC)c1)\C(=C/C)C(=O)O. The van der Waals surface area contributed by atoms with E-state index < -0.39 is 11.9 Å². The minimum Gasteiger partial charge on any atom is -0.478 e. The van der Waals surface area contributed by atoms with Gasteiger partial charge in [-0.25, -0.2) is 4.79 Å². The Bertz CT molecular complexity index is 616. The first-order valence-corrected chi connectivity index (χ1v) is 6.35. The number of benzene rings is 1.